The van der Waals surface area contributed by atoms with E-state index in [1.807, 2.05) is 31.2 Å². The van der Waals surface area contributed by atoms with Gasteiger partial charge in [-0.15, -0.1) is 0 Å². The van der Waals surface area contributed by atoms with Crippen LogP contribution in [0.15, 0.2) is 34.9 Å². The number of benzene rings is 1. The van der Waals surface area contributed by atoms with Crippen molar-refractivity contribution in [2.24, 2.45) is 0 Å². The summed E-state index contributed by atoms with van der Waals surface area (Å²) < 4.78 is 10.9. The highest BCUT2D eigenvalue weighted by Gasteiger charge is 2.35. The van der Waals surface area contributed by atoms with Crippen LogP contribution in [0.25, 0.3) is 6.08 Å². The van der Waals surface area contributed by atoms with E-state index < -0.39 is 0 Å². The molecule has 1 aliphatic heterocycles. The molecule has 0 amide bonds. The highest BCUT2D eigenvalue weighted by atomic mass is 16.5. The molecule has 2 atom stereocenters. The van der Waals surface area contributed by atoms with Gasteiger partial charge in [-0.1, -0.05) is 29.4 Å². The molecule has 2 heterocycles. The van der Waals surface area contributed by atoms with Crippen molar-refractivity contribution in [3.05, 3.63) is 53.2 Å². The van der Waals surface area contributed by atoms with Crippen molar-refractivity contribution in [3.8, 4) is 6.07 Å². The van der Waals surface area contributed by atoms with E-state index in [0.29, 0.717) is 17.3 Å². The molecule has 0 spiro atoms. The number of hydrogen-bond acceptors (Lipinski definition) is 6. The number of aromatic nitrogens is 2. The van der Waals surface area contributed by atoms with Crippen molar-refractivity contribution in [3.63, 3.8) is 0 Å². The number of nitrogens with zero attached hydrogens (tertiary/aromatic N) is 4. The molecule has 1 saturated heterocycles. The minimum Gasteiger partial charge on any atom is -0.380 e. The average molecular weight is 324 g/mol. The monoisotopic (exact) mass is 324 g/mol. The van der Waals surface area contributed by atoms with E-state index in [2.05, 4.69) is 33.3 Å². The van der Waals surface area contributed by atoms with Crippen LogP contribution in [0.1, 0.15) is 35.3 Å². The molecule has 0 radical (unpaired) electrons. The van der Waals surface area contributed by atoms with Gasteiger partial charge in [-0.05, 0) is 31.0 Å². The maximum atomic E-state index is 8.83. The van der Waals surface area contributed by atoms with E-state index in [1.165, 1.54) is 0 Å². The Hall–Kier alpha value is -2.49. The zero-order valence-corrected chi connectivity index (χ0v) is 13.8. The summed E-state index contributed by atoms with van der Waals surface area (Å²) in [6.45, 7) is 3.43. The summed E-state index contributed by atoms with van der Waals surface area (Å²) >= 11 is 0. The first-order chi connectivity index (χ1) is 11.7. The number of rotatable bonds is 5. The van der Waals surface area contributed by atoms with Gasteiger partial charge in [-0.25, -0.2) is 0 Å². The molecule has 24 heavy (non-hydrogen) atoms. The Balaban J connectivity index is 1.67. The van der Waals surface area contributed by atoms with E-state index >= 15 is 0 Å². The fourth-order valence-electron chi connectivity index (χ4n) is 2.93. The van der Waals surface area contributed by atoms with Crippen LogP contribution in [0, 0.1) is 18.3 Å². The smallest absolute Gasteiger partial charge is 0.244 e. The second-order valence-corrected chi connectivity index (χ2v) is 5.88. The summed E-state index contributed by atoms with van der Waals surface area (Å²) in [6, 6.07) is 9.73. The molecule has 1 fully saturated rings. The maximum absolute atomic E-state index is 8.83. The predicted octanol–water partition coefficient (Wildman–Crippen LogP) is 2.72. The van der Waals surface area contributed by atoms with Gasteiger partial charge in [0.25, 0.3) is 0 Å². The zero-order valence-electron chi connectivity index (χ0n) is 13.8. The molecule has 1 aliphatic rings. The van der Waals surface area contributed by atoms with Crippen LogP contribution >= 0.6 is 0 Å². The van der Waals surface area contributed by atoms with Crippen LogP contribution in [-0.2, 0) is 4.74 Å². The lowest BCUT2D eigenvalue weighted by atomic mass is 10.1. The van der Waals surface area contributed by atoms with Crippen LogP contribution in [0.4, 0.5) is 0 Å². The Labute approximate surface area is 141 Å². The van der Waals surface area contributed by atoms with Crippen molar-refractivity contribution in [1.82, 2.24) is 15.0 Å². The highest BCUT2D eigenvalue weighted by molar-refractivity contribution is 5.51. The summed E-state index contributed by atoms with van der Waals surface area (Å²) in [7, 11) is 1.73. The molecule has 0 unspecified atom stereocenters. The van der Waals surface area contributed by atoms with Crippen molar-refractivity contribution in [2.45, 2.75) is 25.5 Å². The van der Waals surface area contributed by atoms with Gasteiger partial charge in [0.1, 0.15) is 0 Å². The van der Waals surface area contributed by atoms with Crippen molar-refractivity contribution >= 4 is 6.08 Å². The lowest BCUT2D eigenvalue weighted by molar-refractivity contribution is 0.109. The number of hydrogen-bond donors (Lipinski definition) is 0. The molecule has 0 aliphatic carbocycles. The van der Waals surface area contributed by atoms with Gasteiger partial charge >= 0.3 is 0 Å². The summed E-state index contributed by atoms with van der Waals surface area (Å²) in [5.74, 6) is 1.30. The maximum Gasteiger partial charge on any atom is 0.244 e. The summed E-state index contributed by atoms with van der Waals surface area (Å²) in [5, 5.41) is 12.7. The molecule has 6 nitrogen and oxygen atoms in total. The molecule has 124 valence electrons. The number of methoxy groups -OCH3 is 1. The Morgan fingerprint density at radius 3 is 2.83 bits per heavy atom. The van der Waals surface area contributed by atoms with Crippen LogP contribution in [-0.4, -0.2) is 41.3 Å². The van der Waals surface area contributed by atoms with Gasteiger partial charge in [-0.2, -0.15) is 10.2 Å². The summed E-state index contributed by atoms with van der Waals surface area (Å²) in [4.78, 5) is 6.65. The van der Waals surface area contributed by atoms with Crippen molar-refractivity contribution in [2.75, 3.05) is 20.2 Å². The minimum atomic E-state index is 0.0850. The number of likely N-dealkylation sites (tertiary alicyclic amines) is 1. The van der Waals surface area contributed by atoms with E-state index in [0.717, 1.165) is 25.1 Å². The fraction of sp³-hybridized carbons (Fsp3) is 0.389. The number of ether oxygens (including phenoxy) is 1. The molecule has 2 aromatic rings. The van der Waals surface area contributed by atoms with E-state index in [4.69, 9.17) is 14.5 Å². The molecule has 1 aromatic carbocycles. The second kappa shape index (κ2) is 7.39. The molecule has 0 saturated carbocycles. The topological polar surface area (TPSA) is 75.2 Å². The first kappa shape index (κ1) is 16.4. The average Bonchev–Trinajstić information content (AvgIpc) is 3.21. The highest BCUT2D eigenvalue weighted by Crippen LogP contribution is 2.32. The third-order valence-corrected chi connectivity index (χ3v) is 4.22. The van der Waals surface area contributed by atoms with Gasteiger partial charge in [0.15, 0.2) is 5.82 Å². The molecule has 3 rings (SSSR count). The summed E-state index contributed by atoms with van der Waals surface area (Å²) in [6.07, 6.45) is 5.18. The predicted molar refractivity (Wildman–Crippen MR) is 89.0 cm³/mol. The third kappa shape index (κ3) is 3.70. The minimum absolute atomic E-state index is 0.0850. The SMILES string of the molecule is CO[C@@H]1C[C@H](c2nc(C)no2)N(C/C=C/c2ccc(C#N)cc2)C1. The second-order valence-electron chi connectivity index (χ2n) is 5.88. The van der Waals surface area contributed by atoms with E-state index in [1.54, 1.807) is 7.11 Å². The summed E-state index contributed by atoms with van der Waals surface area (Å²) in [5.41, 5.74) is 1.74. The van der Waals surface area contributed by atoms with Crippen LogP contribution in [0.5, 0.6) is 0 Å². The molecule has 0 bridgehead atoms. The fourth-order valence-corrected chi connectivity index (χ4v) is 2.93. The lowest BCUT2D eigenvalue weighted by Crippen LogP contribution is -2.25. The molecule has 0 N–H and O–H groups in total. The largest absolute Gasteiger partial charge is 0.380 e. The normalized spacial score (nSPS) is 21.4. The zero-order chi connectivity index (χ0) is 16.9. The Bertz CT molecular complexity index is 745. The van der Waals surface area contributed by atoms with E-state index in [-0.39, 0.29) is 12.1 Å². The van der Waals surface area contributed by atoms with Crippen LogP contribution in [0.3, 0.4) is 0 Å². The standard InChI is InChI=1S/C18H20N4O2/c1-13-20-18(24-21-13)17-10-16(23-2)12-22(17)9-3-4-14-5-7-15(11-19)8-6-14/h3-8,16-17H,9-10,12H2,1-2H3/b4-3+/t16-,17-/m1/s1. The Kier molecular flexibility index (Phi) is 5.04. The van der Waals surface area contributed by atoms with Gasteiger partial charge in [0.05, 0.1) is 23.8 Å². The first-order valence-corrected chi connectivity index (χ1v) is 7.93. The Morgan fingerprint density at radius 2 is 2.21 bits per heavy atom. The lowest BCUT2D eigenvalue weighted by Gasteiger charge is -2.19. The molecular formula is C18H20N4O2. The third-order valence-electron chi connectivity index (χ3n) is 4.22. The number of aryl methyl sites for hydroxylation is 1. The van der Waals surface area contributed by atoms with Crippen molar-refractivity contribution in [1.29, 1.82) is 5.26 Å². The first-order valence-electron chi connectivity index (χ1n) is 7.93. The molecule has 1 aromatic heterocycles. The van der Waals surface area contributed by atoms with Crippen LogP contribution < -0.4 is 0 Å². The molecular weight excluding hydrogens is 304 g/mol. The number of nitriles is 1. The quantitative estimate of drug-likeness (QED) is 0.842. The molecule has 6 heteroatoms. The van der Waals surface area contributed by atoms with Crippen molar-refractivity contribution < 1.29 is 9.26 Å². The Morgan fingerprint density at radius 1 is 1.42 bits per heavy atom. The van der Waals surface area contributed by atoms with Gasteiger partial charge in [0.2, 0.25) is 5.89 Å². The van der Waals surface area contributed by atoms with Crippen LogP contribution in [0.2, 0.25) is 0 Å². The van der Waals surface area contributed by atoms with Gasteiger partial charge in [-0.3, -0.25) is 4.90 Å². The van der Waals surface area contributed by atoms with Gasteiger partial charge in [0, 0.05) is 20.2 Å². The van der Waals surface area contributed by atoms with E-state index in [9.17, 15) is 0 Å². The van der Waals surface area contributed by atoms with Gasteiger partial charge < -0.3 is 9.26 Å².